The van der Waals surface area contributed by atoms with Crippen LogP contribution in [0.1, 0.15) is 24.8 Å². The predicted molar refractivity (Wildman–Crippen MR) is 106 cm³/mol. The van der Waals surface area contributed by atoms with Crippen molar-refractivity contribution >= 4 is 23.5 Å². The van der Waals surface area contributed by atoms with Gasteiger partial charge in [0, 0.05) is 43.0 Å². The second kappa shape index (κ2) is 9.55. The van der Waals surface area contributed by atoms with Crippen LogP contribution < -0.4 is 15.0 Å². The van der Waals surface area contributed by atoms with E-state index in [0.29, 0.717) is 18.2 Å². The molecule has 3 rings (SSSR count). The Labute approximate surface area is 164 Å². The Morgan fingerprint density at radius 1 is 1.30 bits per heavy atom. The number of benzene rings is 1. The van der Waals surface area contributed by atoms with Gasteiger partial charge >= 0.3 is 0 Å². The van der Waals surface area contributed by atoms with Crippen LogP contribution in [-0.2, 0) is 4.79 Å². The summed E-state index contributed by atoms with van der Waals surface area (Å²) in [5.41, 5.74) is 1.01. The number of piperidine rings is 1. The molecule has 1 aromatic heterocycles. The van der Waals surface area contributed by atoms with Crippen LogP contribution in [0, 0.1) is 12.8 Å². The number of aromatic nitrogens is 2. The Balaban J connectivity index is 1.33. The van der Waals surface area contributed by atoms with Crippen LogP contribution in [0.5, 0.6) is 5.75 Å². The summed E-state index contributed by atoms with van der Waals surface area (Å²) in [4.78, 5) is 23.0. The fourth-order valence-electron chi connectivity index (χ4n) is 3.18. The molecule has 0 unspecified atom stereocenters. The normalized spacial score (nSPS) is 14.8. The second-order valence-corrected chi connectivity index (χ2v) is 7.15. The quantitative estimate of drug-likeness (QED) is 0.737. The maximum absolute atomic E-state index is 12.3. The number of hydrogen-bond donors (Lipinski definition) is 1. The average molecular weight is 389 g/mol. The van der Waals surface area contributed by atoms with Gasteiger partial charge in [-0.2, -0.15) is 0 Å². The highest BCUT2D eigenvalue weighted by atomic mass is 35.5. The van der Waals surface area contributed by atoms with Gasteiger partial charge in [0.25, 0.3) is 0 Å². The van der Waals surface area contributed by atoms with Gasteiger partial charge in [-0.3, -0.25) is 4.79 Å². The molecular weight excluding hydrogens is 364 g/mol. The number of aryl methyl sites for hydroxylation is 1. The van der Waals surface area contributed by atoms with Crippen molar-refractivity contribution in [3.8, 4) is 5.75 Å². The maximum atomic E-state index is 12.3. The Bertz CT molecular complexity index is 749. The molecule has 1 aromatic carbocycles. The molecule has 1 N–H and O–H groups in total. The highest BCUT2D eigenvalue weighted by Gasteiger charge is 2.25. The Morgan fingerprint density at radius 2 is 2.04 bits per heavy atom. The SMILES string of the molecule is Cc1cc(Cl)ccc1OCCCNC(=O)C1CCN(c2ncccn2)CC1. The van der Waals surface area contributed by atoms with Crippen LogP contribution in [0.3, 0.4) is 0 Å². The summed E-state index contributed by atoms with van der Waals surface area (Å²) >= 11 is 5.94. The smallest absolute Gasteiger partial charge is 0.225 e. The summed E-state index contributed by atoms with van der Waals surface area (Å²) in [5, 5.41) is 3.73. The van der Waals surface area contributed by atoms with Crippen molar-refractivity contribution in [3.63, 3.8) is 0 Å². The minimum absolute atomic E-state index is 0.0596. The summed E-state index contributed by atoms with van der Waals surface area (Å²) in [6, 6.07) is 7.38. The molecule has 6 nitrogen and oxygen atoms in total. The lowest BCUT2D eigenvalue weighted by Gasteiger charge is -2.31. The second-order valence-electron chi connectivity index (χ2n) is 6.71. The van der Waals surface area contributed by atoms with Gasteiger partial charge in [-0.25, -0.2) is 9.97 Å². The van der Waals surface area contributed by atoms with Gasteiger partial charge in [0.15, 0.2) is 0 Å². The summed E-state index contributed by atoms with van der Waals surface area (Å²) in [5.74, 6) is 1.77. The van der Waals surface area contributed by atoms with Crippen molar-refractivity contribution in [2.45, 2.75) is 26.2 Å². The van der Waals surface area contributed by atoms with Gasteiger partial charge in [0.2, 0.25) is 11.9 Å². The monoisotopic (exact) mass is 388 g/mol. The standard InChI is InChI=1S/C20H25ClN4O2/c1-15-14-17(21)4-5-18(15)27-13-3-10-22-19(26)16-6-11-25(12-7-16)20-23-8-2-9-24-20/h2,4-5,8-9,14,16H,3,6-7,10-13H2,1H3,(H,22,26). The van der Waals surface area contributed by atoms with Gasteiger partial charge in [-0.1, -0.05) is 11.6 Å². The molecule has 0 spiro atoms. The molecule has 0 radical (unpaired) electrons. The number of carbonyl (C=O) groups excluding carboxylic acids is 1. The molecule has 1 aliphatic rings. The van der Waals surface area contributed by atoms with Crippen molar-refractivity contribution in [1.82, 2.24) is 15.3 Å². The van der Waals surface area contributed by atoms with Gasteiger partial charge in [-0.05, 0) is 56.0 Å². The number of halogens is 1. The third-order valence-corrected chi connectivity index (χ3v) is 4.95. The van der Waals surface area contributed by atoms with Crippen LogP contribution in [0.15, 0.2) is 36.7 Å². The minimum atomic E-state index is 0.0596. The molecule has 0 saturated carbocycles. The summed E-state index contributed by atoms with van der Waals surface area (Å²) in [6.07, 6.45) is 5.91. The van der Waals surface area contributed by atoms with Crippen LogP contribution in [0.25, 0.3) is 0 Å². The van der Waals surface area contributed by atoms with Gasteiger partial charge in [0.05, 0.1) is 6.61 Å². The van der Waals surface area contributed by atoms with E-state index in [0.717, 1.165) is 49.6 Å². The minimum Gasteiger partial charge on any atom is -0.493 e. The van der Waals surface area contributed by atoms with Crippen molar-refractivity contribution in [2.24, 2.45) is 5.92 Å². The number of hydrogen-bond acceptors (Lipinski definition) is 5. The first-order valence-corrected chi connectivity index (χ1v) is 9.70. The van der Waals surface area contributed by atoms with E-state index >= 15 is 0 Å². The largest absolute Gasteiger partial charge is 0.493 e. The van der Waals surface area contributed by atoms with E-state index in [2.05, 4.69) is 20.2 Å². The van der Waals surface area contributed by atoms with E-state index < -0.39 is 0 Å². The molecule has 1 aliphatic heterocycles. The molecule has 7 heteroatoms. The van der Waals surface area contributed by atoms with Crippen molar-refractivity contribution in [3.05, 3.63) is 47.2 Å². The lowest BCUT2D eigenvalue weighted by atomic mass is 9.96. The number of amides is 1. The highest BCUT2D eigenvalue weighted by molar-refractivity contribution is 6.30. The molecule has 144 valence electrons. The van der Waals surface area contributed by atoms with E-state index in [-0.39, 0.29) is 11.8 Å². The van der Waals surface area contributed by atoms with E-state index in [1.165, 1.54) is 0 Å². The average Bonchev–Trinajstić information content (AvgIpc) is 2.70. The van der Waals surface area contributed by atoms with E-state index in [1.807, 2.05) is 31.2 Å². The van der Waals surface area contributed by atoms with Crippen molar-refractivity contribution in [1.29, 1.82) is 0 Å². The number of nitrogens with one attached hydrogen (secondary N) is 1. The van der Waals surface area contributed by atoms with E-state index in [9.17, 15) is 4.79 Å². The number of anilines is 1. The predicted octanol–water partition coefficient (Wildman–Crippen LogP) is 3.24. The summed E-state index contributed by atoms with van der Waals surface area (Å²) in [6.45, 7) is 4.76. The lowest BCUT2D eigenvalue weighted by molar-refractivity contribution is -0.125. The van der Waals surface area contributed by atoms with E-state index in [4.69, 9.17) is 16.3 Å². The number of nitrogens with zero attached hydrogens (tertiary/aromatic N) is 3. The molecule has 1 amide bonds. The first-order valence-electron chi connectivity index (χ1n) is 9.32. The van der Waals surface area contributed by atoms with Crippen molar-refractivity contribution in [2.75, 3.05) is 31.1 Å². The van der Waals surface area contributed by atoms with Crippen LogP contribution in [0.4, 0.5) is 5.95 Å². The van der Waals surface area contributed by atoms with Gasteiger partial charge in [-0.15, -0.1) is 0 Å². The zero-order valence-electron chi connectivity index (χ0n) is 15.5. The zero-order chi connectivity index (χ0) is 19.1. The van der Waals surface area contributed by atoms with Gasteiger partial charge in [0.1, 0.15) is 5.75 Å². The Kier molecular flexibility index (Phi) is 6.87. The molecule has 0 aliphatic carbocycles. The number of rotatable bonds is 7. The molecule has 2 aromatic rings. The maximum Gasteiger partial charge on any atom is 0.225 e. The van der Waals surface area contributed by atoms with Crippen LogP contribution >= 0.6 is 11.6 Å². The Hall–Kier alpha value is -2.34. The summed E-state index contributed by atoms with van der Waals surface area (Å²) < 4.78 is 5.75. The summed E-state index contributed by atoms with van der Waals surface area (Å²) in [7, 11) is 0. The molecule has 0 bridgehead atoms. The fourth-order valence-corrected chi connectivity index (χ4v) is 3.41. The topological polar surface area (TPSA) is 67.3 Å². The third-order valence-electron chi connectivity index (χ3n) is 4.72. The number of ether oxygens (including phenoxy) is 1. The Morgan fingerprint density at radius 3 is 2.74 bits per heavy atom. The lowest BCUT2D eigenvalue weighted by Crippen LogP contribution is -2.41. The molecule has 27 heavy (non-hydrogen) atoms. The molecular formula is C20H25ClN4O2. The first-order chi connectivity index (χ1) is 13.1. The highest BCUT2D eigenvalue weighted by Crippen LogP contribution is 2.22. The number of carbonyl (C=O) groups is 1. The van der Waals surface area contributed by atoms with Gasteiger partial charge < -0.3 is 15.0 Å². The van der Waals surface area contributed by atoms with Crippen molar-refractivity contribution < 1.29 is 9.53 Å². The molecule has 1 fully saturated rings. The fraction of sp³-hybridized carbons (Fsp3) is 0.450. The molecule has 0 atom stereocenters. The molecule has 1 saturated heterocycles. The van der Waals surface area contributed by atoms with Crippen LogP contribution in [0.2, 0.25) is 5.02 Å². The first kappa shape index (κ1) is 19.4. The third kappa shape index (κ3) is 5.57. The van der Waals surface area contributed by atoms with E-state index in [1.54, 1.807) is 12.4 Å². The molecule has 2 heterocycles. The zero-order valence-corrected chi connectivity index (χ0v) is 16.3. The van der Waals surface area contributed by atoms with Crippen LogP contribution in [-0.4, -0.2) is 42.1 Å².